The van der Waals surface area contributed by atoms with Gasteiger partial charge < -0.3 is 5.73 Å². The van der Waals surface area contributed by atoms with E-state index in [4.69, 9.17) is 22.3 Å². The summed E-state index contributed by atoms with van der Waals surface area (Å²) >= 11 is 6.15. The van der Waals surface area contributed by atoms with E-state index in [1.807, 2.05) is 60.7 Å². The predicted molar refractivity (Wildman–Crippen MR) is 164 cm³/mol. The van der Waals surface area contributed by atoms with Gasteiger partial charge in [0.15, 0.2) is 11.2 Å². The van der Waals surface area contributed by atoms with Gasteiger partial charge in [-0.1, -0.05) is 54.1 Å². The summed E-state index contributed by atoms with van der Waals surface area (Å²) < 4.78 is 29.5. The maximum Gasteiger partial charge on any atom is 0.286 e. The molecule has 0 saturated heterocycles. The van der Waals surface area contributed by atoms with Crippen LogP contribution < -0.4 is 16.0 Å². The molecule has 210 valence electrons. The molecule has 6 rings (SSSR count). The van der Waals surface area contributed by atoms with E-state index < -0.39 is 15.6 Å². The minimum Gasteiger partial charge on any atom is -0.384 e. The van der Waals surface area contributed by atoms with Gasteiger partial charge in [-0.2, -0.15) is 0 Å². The number of rotatable bonds is 7. The van der Waals surface area contributed by atoms with Crippen molar-refractivity contribution in [3.63, 3.8) is 0 Å². The van der Waals surface area contributed by atoms with Crippen molar-refractivity contribution in [2.75, 3.05) is 12.0 Å². The zero-order chi connectivity index (χ0) is 29.4. The van der Waals surface area contributed by atoms with Crippen molar-refractivity contribution in [3.8, 4) is 33.9 Å². The molecule has 0 unspecified atom stereocenters. The summed E-state index contributed by atoms with van der Waals surface area (Å²) in [6.45, 7) is -0.135. The molecule has 3 aromatic carbocycles. The number of nitrogens with zero attached hydrogens (tertiary/aromatic N) is 5. The molecule has 0 amide bonds. The molecule has 6 aromatic rings. The zero-order valence-corrected chi connectivity index (χ0v) is 23.8. The van der Waals surface area contributed by atoms with Crippen molar-refractivity contribution >= 4 is 38.6 Å². The number of nitrogens with one attached hydrogen (secondary N) is 1. The molecule has 3 aromatic heterocycles. The number of halogens is 1. The van der Waals surface area contributed by atoms with Gasteiger partial charge in [0.05, 0.1) is 18.5 Å². The molecule has 0 aliphatic rings. The normalized spacial score (nSPS) is 11.7. The number of anilines is 1. The first kappa shape index (κ1) is 27.3. The second-order valence-corrected chi connectivity index (χ2v) is 11.8. The van der Waals surface area contributed by atoms with Crippen molar-refractivity contribution in [2.24, 2.45) is 0 Å². The monoisotopic (exact) mass is 597 g/mol. The highest BCUT2D eigenvalue weighted by molar-refractivity contribution is 7.88. The Morgan fingerprint density at radius 2 is 1.45 bits per heavy atom. The van der Waals surface area contributed by atoms with E-state index in [-0.39, 0.29) is 12.1 Å². The first-order valence-electron chi connectivity index (χ1n) is 12.8. The predicted octanol–water partition coefficient (Wildman–Crippen LogP) is 4.59. The third-order valence-corrected chi connectivity index (χ3v) is 7.53. The van der Waals surface area contributed by atoms with Crippen molar-refractivity contribution in [3.05, 3.63) is 118 Å². The highest BCUT2D eigenvalue weighted by atomic mass is 35.5. The van der Waals surface area contributed by atoms with Crippen LogP contribution in [-0.4, -0.2) is 38.8 Å². The molecule has 3 N–H and O–H groups in total. The number of nitrogen functional groups attached to an aromatic ring is 1. The minimum absolute atomic E-state index is 0.0902. The second-order valence-electron chi connectivity index (χ2n) is 9.57. The summed E-state index contributed by atoms with van der Waals surface area (Å²) in [6, 6.07) is 27.3. The largest absolute Gasteiger partial charge is 0.384 e. The summed E-state index contributed by atoms with van der Waals surface area (Å²) in [5, 5.41) is 0.520. The molecule has 0 bridgehead atoms. The first-order chi connectivity index (χ1) is 20.2. The molecule has 0 aliphatic carbocycles. The average Bonchev–Trinajstić information content (AvgIpc) is 3.36. The van der Waals surface area contributed by atoms with Crippen LogP contribution in [0.4, 0.5) is 5.82 Å². The smallest absolute Gasteiger partial charge is 0.286 e. The topological polar surface area (TPSA) is 138 Å². The Hall–Kier alpha value is -4.84. The average molecular weight is 598 g/mol. The Balaban J connectivity index is 1.60. The quantitative estimate of drug-likeness (QED) is 0.275. The molecule has 12 heteroatoms. The van der Waals surface area contributed by atoms with E-state index in [0.717, 1.165) is 17.4 Å². The molecule has 42 heavy (non-hydrogen) atoms. The number of benzene rings is 3. The van der Waals surface area contributed by atoms with Crippen molar-refractivity contribution in [1.29, 1.82) is 0 Å². The fourth-order valence-electron chi connectivity index (χ4n) is 4.63. The van der Waals surface area contributed by atoms with Gasteiger partial charge in [0, 0.05) is 28.0 Å². The number of aromatic nitrogens is 5. The summed E-state index contributed by atoms with van der Waals surface area (Å²) in [4.78, 5) is 27.9. The zero-order valence-electron chi connectivity index (χ0n) is 22.3. The van der Waals surface area contributed by atoms with Gasteiger partial charge in [0.25, 0.3) is 5.56 Å². The third kappa shape index (κ3) is 5.40. The van der Waals surface area contributed by atoms with Crippen LogP contribution in [0.5, 0.6) is 0 Å². The number of nitrogens with two attached hydrogens (primary N) is 1. The number of para-hydroxylation sites is 1. The number of sulfonamides is 1. The lowest BCUT2D eigenvalue weighted by Gasteiger charge is -2.14. The standard InChI is InChI=1S/C30H24ClN7O3S/c1-42(40,41)34-18-26-35-27-29(37(26)23-5-3-2-4-6-23)36-28(38(30(27)39)24-14-12-22(31)13-15-24)20-9-7-19(8-10-20)21-11-16-25(32)33-17-21/h2-17,34H,18H2,1H3,(H2,32,33). The third-order valence-electron chi connectivity index (χ3n) is 6.61. The number of imidazole rings is 1. The fraction of sp³-hybridized carbons (Fsp3) is 0.0667. The molecule has 10 nitrogen and oxygen atoms in total. The summed E-state index contributed by atoms with van der Waals surface area (Å²) in [5.74, 6) is 1.12. The molecule has 0 spiro atoms. The highest BCUT2D eigenvalue weighted by Crippen LogP contribution is 2.28. The van der Waals surface area contributed by atoms with Gasteiger partial charge in [0.2, 0.25) is 10.0 Å². The molecule has 0 aliphatic heterocycles. The minimum atomic E-state index is -3.54. The van der Waals surface area contributed by atoms with Gasteiger partial charge >= 0.3 is 0 Å². The highest BCUT2D eigenvalue weighted by Gasteiger charge is 2.22. The molecule has 0 atom stereocenters. The Kier molecular flexibility index (Phi) is 7.07. The van der Waals surface area contributed by atoms with Crippen molar-refractivity contribution in [1.82, 2.24) is 28.8 Å². The molecule has 0 saturated carbocycles. The van der Waals surface area contributed by atoms with Gasteiger partial charge in [-0.15, -0.1) is 0 Å². The van der Waals surface area contributed by atoms with E-state index in [9.17, 15) is 13.2 Å². The first-order valence-corrected chi connectivity index (χ1v) is 15.1. The lowest BCUT2D eigenvalue weighted by atomic mass is 10.1. The van der Waals surface area contributed by atoms with Crippen LogP contribution in [-0.2, 0) is 16.6 Å². The molecular weight excluding hydrogens is 574 g/mol. The number of pyridine rings is 1. The van der Waals surface area contributed by atoms with E-state index in [0.29, 0.717) is 45.1 Å². The van der Waals surface area contributed by atoms with Crippen molar-refractivity contribution in [2.45, 2.75) is 6.54 Å². The van der Waals surface area contributed by atoms with E-state index >= 15 is 0 Å². The number of hydrogen-bond acceptors (Lipinski definition) is 7. The Morgan fingerprint density at radius 1 is 0.810 bits per heavy atom. The second kappa shape index (κ2) is 10.9. The van der Waals surface area contributed by atoms with E-state index in [1.165, 1.54) is 4.57 Å². The van der Waals surface area contributed by atoms with Gasteiger partial charge in [0.1, 0.15) is 17.5 Å². The van der Waals surface area contributed by atoms with Crippen LogP contribution in [0, 0.1) is 0 Å². The van der Waals surface area contributed by atoms with Crippen LogP contribution in [0.3, 0.4) is 0 Å². The SMILES string of the molecule is CS(=O)(=O)NCc1nc2c(=O)n(-c3ccc(Cl)cc3)c(-c3ccc(-c4ccc(N)nc4)cc3)nc2n1-c1ccccc1. The van der Waals surface area contributed by atoms with Gasteiger partial charge in [-0.05, 0) is 54.1 Å². The summed E-state index contributed by atoms with van der Waals surface area (Å²) in [5.41, 5.74) is 9.41. The van der Waals surface area contributed by atoms with Gasteiger partial charge in [-0.25, -0.2) is 28.1 Å². The molecule has 3 heterocycles. The number of fused-ring (bicyclic) bond motifs is 1. The van der Waals surface area contributed by atoms with E-state index in [1.54, 1.807) is 41.1 Å². The van der Waals surface area contributed by atoms with Crippen LogP contribution in [0.15, 0.2) is 102 Å². The Labute approximate surface area is 246 Å². The molecule has 0 radical (unpaired) electrons. The summed E-state index contributed by atoms with van der Waals surface area (Å²) in [6.07, 6.45) is 2.76. The lowest BCUT2D eigenvalue weighted by molar-refractivity contribution is 0.585. The maximum atomic E-state index is 14.2. The molecular formula is C30H24ClN7O3S. The van der Waals surface area contributed by atoms with Crippen LogP contribution in [0.2, 0.25) is 5.02 Å². The lowest BCUT2D eigenvalue weighted by Crippen LogP contribution is -2.23. The summed E-state index contributed by atoms with van der Waals surface area (Å²) in [7, 11) is -3.54. The van der Waals surface area contributed by atoms with Crippen LogP contribution in [0.25, 0.3) is 45.1 Å². The molecule has 0 fully saturated rings. The maximum absolute atomic E-state index is 14.2. The van der Waals surface area contributed by atoms with Crippen molar-refractivity contribution < 1.29 is 8.42 Å². The van der Waals surface area contributed by atoms with Crippen LogP contribution >= 0.6 is 11.6 Å². The Bertz CT molecular complexity index is 2080. The Morgan fingerprint density at radius 3 is 2.10 bits per heavy atom. The van der Waals surface area contributed by atoms with Gasteiger partial charge in [-0.3, -0.25) is 13.9 Å². The van der Waals surface area contributed by atoms with Crippen LogP contribution in [0.1, 0.15) is 5.82 Å². The van der Waals surface area contributed by atoms with E-state index in [2.05, 4.69) is 14.7 Å². The number of hydrogen-bond donors (Lipinski definition) is 2. The fourth-order valence-corrected chi connectivity index (χ4v) is 5.15.